The first-order chi connectivity index (χ1) is 18.7. The fourth-order valence-electron chi connectivity index (χ4n) is 4.68. The molecule has 1 aliphatic rings. The number of rotatable bonds is 6. The van der Waals surface area contributed by atoms with E-state index in [0.717, 1.165) is 30.6 Å². The Balaban J connectivity index is 0.000000379. The van der Waals surface area contributed by atoms with Crippen molar-refractivity contribution in [2.24, 2.45) is 7.05 Å². The maximum absolute atomic E-state index is 12.4. The van der Waals surface area contributed by atoms with Crippen LogP contribution in [0.5, 0.6) is 0 Å². The second-order valence-electron chi connectivity index (χ2n) is 9.87. The van der Waals surface area contributed by atoms with Crippen LogP contribution in [0.2, 0.25) is 10.0 Å². The fourth-order valence-corrected chi connectivity index (χ4v) is 5.22. The van der Waals surface area contributed by atoms with Crippen molar-refractivity contribution in [3.63, 3.8) is 0 Å². The van der Waals surface area contributed by atoms with Crippen molar-refractivity contribution in [2.45, 2.75) is 52.2 Å². The van der Waals surface area contributed by atoms with E-state index in [-0.39, 0.29) is 21.5 Å². The highest BCUT2D eigenvalue weighted by molar-refractivity contribution is 6.39. The SMILES string of the molecule is CN(Cc1ccc(CNC(=O)c2c(Cl)cncc2Cl)cc1)C1CCCc2cccnc21.Cc1ncn(C)c1C. The lowest BCUT2D eigenvalue weighted by Gasteiger charge is -2.32. The van der Waals surface area contributed by atoms with Crippen LogP contribution in [0.25, 0.3) is 0 Å². The number of fused-ring (bicyclic) bond motifs is 1. The van der Waals surface area contributed by atoms with E-state index in [4.69, 9.17) is 23.2 Å². The molecule has 7 nitrogen and oxygen atoms in total. The number of aromatic nitrogens is 4. The molecule has 1 aromatic carbocycles. The second-order valence-corrected chi connectivity index (χ2v) is 10.7. The average molecular weight is 566 g/mol. The normalized spacial score (nSPS) is 14.4. The highest BCUT2D eigenvalue weighted by atomic mass is 35.5. The molecule has 0 bridgehead atoms. The summed E-state index contributed by atoms with van der Waals surface area (Å²) in [6.07, 6.45) is 9.97. The molecular weight excluding hydrogens is 531 g/mol. The van der Waals surface area contributed by atoms with Crippen molar-refractivity contribution < 1.29 is 4.79 Å². The minimum Gasteiger partial charge on any atom is -0.348 e. The van der Waals surface area contributed by atoms with Gasteiger partial charge in [0.15, 0.2) is 0 Å². The summed E-state index contributed by atoms with van der Waals surface area (Å²) >= 11 is 12.1. The number of halogens is 2. The highest BCUT2D eigenvalue weighted by Gasteiger charge is 2.24. The van der Waals surface area contributed by atoms with E-state index in [0.29, 0.717) is 12.6 Å². The second kappa shape index (κ2) is 13.2. The minimum atomic E-state index is -0.315. The number of imidazole rings is 1. The Hall–Kier alpha value is -3.26. The van der Waals surface area contributed by atoms with Crippen LogP contribution in [0.3, 0.4) is 0 Å². The summed E-state index contributed by atoms with van der Waals surface area (Å²) in [4.78, 5) is 27.4. The molecule has 1 atom stereocenters. The van der Waals surface area contributed by atoms with Gasteiger partial charge >= 0.3 is 0 Å². The van der Waals surface area contributed by atoms with Gasteiger partial charge in [-0.2, -0.15) is 0 Å². The molecular formula is C30H34Cl2N6O. The topological polar surface area (TPSA) is 75.9 Å². The van der Waals surface area contributed by atoms with Gasteiger partial charge in [0.25, 0.3) is 5.91 Å². The summed E-state index contributed by atoms with van der Waals surface area (Å²) in [6, 6.07) is 12.8. The number of amides is 1. The van der Waals surface area contributed by atoms with Crippen LogP contribution in [0, 0.1) is 13.8 Å². The van der Waals surface area contributed by atoms with Gasteiger partial charge in [-0.1, -0.05) is 53.5 Å². The maximum atomic E-state index is 12.4. The number of carbonyl (C=O) groups excluding carboxylic acids is 1. The molecule has 9 heteroatoms. The molecule has 0 fully saturated rings. The Bertz CT molecular complexity index is 1380. The standard InChI is InChI=1S/C24H24Cl2N4O.C6H10N2/c1-30(21-6-2-4-18-5-3-11-28-23(18)21)15-17-9-7-16(8-10-17)12-29-24(31)22-19(25)13-27-14-20(22)26;1-5-6(2)8(3)4-7-5/h3,5,7-11,13-14,21H,2,4,6,12,15H2,1H3,(H,29,31);4H,1-3H3. The van der Waals surface area contributed by atoms with E-state index in [1.165, 1.54) is 41.3 Å². The van der Waals surface area contributed by atoms with Crippen molar-refractivity contribution >= 4 is 29.1 Å². The number of hydrogen-bond donors (Lipinski definition) is 1. The summed E-state index contributed by atoms with van der Waals surface area (Å²) in [6.45, 7) is 5.30. The van der Waals surface area contributed by atoms with Gasteiger partial charge in [-0.15, -0.1) is 0 Å². The molecule has 1 aliphatic carbocycles. The third-order valence-corrected chi connectivity index (χ3v) is 7.74. The summed E-state index contributed by atoms with van der Waals surface area (Å²) in [5, 5.41) is 3.34. The predicted molar refractivity (Wildman–Crippen MR) is 156 cm³/mol. The Kier molecular flexibility index (Phi) is 9.73. The van der Waals surface area contributed by atoms with Crippen molar-refractivity contribution in [3.05, 3.63) is 111 Å². The molecule has 4 aromatic rings. The summed E-state index contributed by atoms with van der Waals surface area (Å²) < 4.78 is 2.01. The van der Waals surface area contributed by atoms with Crippen LogP contribution < -0.4 is 5.32 Å². The van der Waals surface area contributed by atoms with E-state index in [1.54, 1.807) is 0 Å². The van der Waals surface area contributed by atoms with Gasteiger partial charge in [0.05, 0.1) is 39.4 Å². The molecule has 1 unspecified atom stereocenters. The largest absolute Gasteiger partial charge is 0.348 e. The Morgan fingerprint density at radius 1 is 1.08 bits per heavy atom. The lowest BCUT2D eigenvalue weighted by molar-refractivity contribution is 0.0951. The molecule has 1 amide bonds. The Morgan fingerprint density at radius 2 is 1.77 bits per heavy atom. The van der Waals surface area contributed by atoms with Gasteiger partial charge in [-0.05, 0) is 62.9 Å². The maximum Gasteiger partial charge on any atom is 0.254 e. The Labute approximate surface area is 240 Å². The van der Waals surface area contributed by atoms with Crippen LogP contribution in [0.15, 0.2) is 61.3 Å². The third-order valence-electron chi connectivity index (χ3n) is 7.16. The van der Waals surface area contributed by atoms with Crippen molar-refractivity contribution in [1.82, 2.24) is 29.7 Å². The number of aryl methyl sites for hydroxylation is 3. The van der Waals surface area contributed by atoms with E-state index in [2.05, 4.69) is 57.3 Å². The smallest absolute Gasteiger partial charge is 0.254 e. The Morgan fingerprint density at radius 3 is 2.38 bits per heavy atom. The summed E-state index contributed by atoms with van der Waals surface area (Å²) in [7, 11) is 4.15. The van der Waals surface area contributed by atoms with Crippen molar-refractivity contribution in [3.8, 4) is 0 Å². The molecule has 0 saturated carbocycles. The predicted octanol–water partition coefficient (Wildman–Crippen LogP) is 6.26. The molecule has 0 radical (unpaired) electrons. The summed E-state index contributed by atoms with van der Waals surface area (Å²) in [5.74, 6) is -0.315. The number of benzene rings is 1. The highest BCUT2D eigenvalue weighted by Crippen LogP contribution is 2.32. The molecule has 5 rings (SSSR count). The van der Waals surface area contributed by atoms with Gasteiger partial charge < -0.3 is 9.88 Å². The zero-order chi connectivity index (χ0) is 27.9. The average Bonchev–Trinajstić information content (AvgIpc) is 3.23. The molecule has 3 heterocycles. The van der Waals surface area contributed by atoms with Crippen molar-refractivity contribution in [1.29, 1.82) is 0 Å². The van der Waals surface area contributed by atoms with Gasteiger partial charge in [0.1, 0.15) is 0 Å². The third kappa shape index (κ3) is 7.24. The quantitative estimate of drug-likeness (QED) is 0.299. The number of carbonyl (C=O) groups is 1. The molecule has 0 saturated heterocycles. The van der Waals surface area contributed by atoms with Crippen LogP contribution in [-0.2, 0) is 26.6 Å². The van der Waals surface area contributed by atoms with Crippen LogP contribution in [-0.4, -0.2) is 37.4 Å². The molecule has 0 spiro atoms. The van der Waals surface area contributed by atoms with Gasteiger partial charge in [0.2, 0.25) is 0 Å². The number of pyridine rings is 2. The van der Waals surface area contributed by atoms with Gasteiger partial charge in [-0.3, -0.25) is 19.7 Å². The lowest BCUT2D eigenvalue weighted by atomic mass is 9.91. The molecule has 39 heavy (non-hydrogen) atoms. The molecule has 0 aliphatic heterocycles. The lowest BCUT2D eigenvalue weighted by Crippen LogP contribution is -2.28. The molecule has 204 valence electrons. The molecule has 1 N–H and O–H groups in total. The monoisotopic (exact) mass is 564 g/mol. The number of hydrogen-bond acceptors (Lipinski definition) is 5. The zero-order valence-electron chi connectivity index (χ0n) is 22.8. The van der Waals surface area contributed by atoms with Gasteiger partial charge in [0, 0.05) is 44.4 Å². The number of nitrogens with one attached hydrogen (secondary N) is 1. The summed E-state index contributed by atoms with van der Waals surface area (Å²) in [5.41, 5.74) is 7.41. The first-order valence-corrected chi connectivity index (χ1v) is 13.7. The van der Waals surface area contributed by atoms with Gasteiger partial charge in [-0.25, -0.2) is 4.98 Å². The van der Waals surface area contributed by atoms with E-state index < -0.39 is 0 Å². The van der Waals surface area contributed by atoms with E-state index in [1.807, 2.05) is 49.3 Å². The number of nitrogens with zero attached hydrogens (tertiary/aromatic N) is 5. The van der Waals surface area contributed by atoms with Crippen LogP contribution in [0.4, 0.5) is 0 Å². The van der Waals surface area contributed by atoms with Crippen molar-refractivity contribution in [2.75, 3.05) is 7.05 Å². The fraction of sp³-hybridized carbons (Fsp3) is 0.333. The van der Waals surface area contributed by atoms with Crippen LogP contribution in [0.1, 0.15) is 63.0 Å². The first-order valence-electron chi connectivity index (χ1n) is 13.0. The van der Waals surface area contributed by atoms with Crippen LogP contribution >= 0.6 is 23.2 Å². The zero-order valence-corrected chi connectivity index (χ0v) is 24.3. The van der Waals surface area contributed by atoms with E-state index in [9.17, 15) is 4.79 Å². The molecule has 3 aromatic heterocycles. The van der Waals surface area contributed by atoms with E-state index >= 15 is 0 Å². The first kappa shape index (κ1) is 28.7. The minimum absolute atomic E-state index is 0.238.